The first-order valence-corrected chi connectivity index (χ1v) is 6.68. The maximum absolute atomic E-state index is 5.33. The van der Waals surface area contributed by atoms with E-state index in [1.807, 2.05) is 0 Å². The Kier molecular flexibility index (Phi) is 4.82. The van der Waals surface area contributed by atoms with Gasteiger partial charge >= 0.3 is 0 Å². The fourth-order valence-corrected chi connectivity index (χ4v) is 2.47. The van der Waals surface area contributed by atoms with E-state index in [4.69, 9.17) is 4.74 Å². The zero-order valence-electron chi connectivity index (χ0n) is 9.49. The summed E-state index contributed by atoms with van der Waals surface area (Å²) < 4.78 is 6.51. The van der Waals surface area contributed by atoms with Gasteiger partial charge in [0, 0.05) is 17.6 Å². The normalized spacial score (nSPS) is 17.6. The van der Waals surface area contributed by atoms with Gasteiger partial charge in [0.2, 0.25) is 0 Å². The van der Waals surface area contributed by atoms with Crippen molar-refractivity contribution in [3.63, 3.8) is 0 Å². The van der Waals surface area contributed by atoms with E-state index in [9.17, 15) is 0 Å². The van der Waals surface area contributed by atoms with Crippen LogP contribution in [0.15, 0.2) is 28.7 Å². The number of hydrogen-bond donors (Lipinski definition) is 0. The number of benzene rings is 1. The van der Waals surface area contributed by atoms with E-state index < -0.39 is 0 Å². The lowest BCUT2D eigenvalue weighted by molar-refractivity contribution is 0.0375. The van der Waals surface area contributed by atoms with E-state index >= 15 is 0 Å². The first kappa shape index (κ1) is 12.1. The van der Waals surface area contributed by atoms with E-state index in [0.29, 0.717) is 0 Å². The maximum Gasteiger partial charge on any atom is 0.0594 e. The Balaban J connectivity index is 1.71. The Morgan fingerprint density at radius 1 is 1.25 bits per heavy atom. The van der Waals surface area contributed by atoms with Crippen LogP contribution in [0.25, 0.3) is 0 Å². The van der Waals surface area contributed by atoms with Crippen LogP contribution in [0.1, 0.15) is 12.0 Å². The lowest BCUT2D eigenvalue weighted by atomic mass is 10.1. The summed E-state index contributed by atoms with van der Waals surface area (Å²) in [5.74, 6) is 0. The maximum atomic E-state index is 5.33. The van der Waals surface area contributed by atoms with Crippen molar-refractivity contribution in [1.82, 2.24) is 4.90 Å². The molecule has 1 heterocycles. The molecule has 2 nitrogen and oxygen atoms in total. The van der Waals surface area contributed by atoms with Gasteiger partial charge < -0.3 is 4.74 Å². The molecule has 1 saturated heterocycles. The summed E-state index contributed by atoms with van der Waals surface area (Å²) in [6.45, 7) is 5.18. The van der Waals surface area contributed by atoms with Gasteiger partial charge in [-0.3, -0.25) is 4.90 Å². The fourth-order valence-electron chi connectivity index (χ4n) is 2.02. The molecule has 0 aromatic heterocycles. The third-order valence-electron chi connectivity index (χ3n) is 2.93. The molecular weight excluding hydrogens is 266 g/mol. The number of ether oxygens (including phenoxy) is 1. The van der Waals surface area contributed by atoms with E-state index in [0.717, 1.165) is 32.7 Å². The standard InChI is InChI=1S/C13H18BrNO/c14-13-5-1-3-12(11-13)4-2-6-15-7-9-16-10-8-15/h1,3,5,11H,2,4,6-10H2. The van der Waals surface area contributed by atoms with E-state index in [2.05, 4.69) is 45.1 Å². The van der Waals surface area contributed by atoms with E-state index in [1.165, 1.54) is 23.0 Å². The second kappa shape index (κ2) is 6.38. The molecule has 1 aliphatic rings. The van der Waals surface area contributed by atoms with Crippen LogP contribution in [0.5, 0.6) is 0 Å². The first-order valence-electron chi connectivity index (χ1n) is 5.89. The third-order valence-corrected chi connectivity index (χ3v) is 3.43. The van der Waals surface area contributed by atoms with Crippen molar-refractivity contribution >= 4 is 15.9 Å². The number of hydrogen-bond acceptors (Lipinski definition) is 2. The molecule has 0 bridgehead atoms. The molecule has 0 aliphatic carbocycles. The molecule has 16 heavy (non-hydrogen) atoms. The Morgan fingerprint density at radius 2 is 2.06 bits per heavy atom. The van der Waals surface area contributed by atoms with Gasteiger partial charge in [0.25, 0.3) is 0 Å². The molecule has 0 N–H and O–H groups in total. The Hall–Kier alpha value is -0.380. The molecule has 0 atom stereocenters. The van der Waals surface area contributed by atoms with Crippen LogP contribution in [0, 0.1) is 0 Å². The minimum absolute atomic E-state index is 0.900. The van der Waals surface area contributed by atoms with Crippen molar-refractivity contribution in [2.45, 2.75) is 12.8 Å². The highest BCUT2D eigenvalue weighted by atomic mass is 79.9. The lowest BCUT2D eigenvalue weighted by Crippen LogP contribution is -2.36. The van der Waals surface area contributed by atoms with Crippen LogP contribution in [-0.4, -0.2) is 37.7 Å². The van der Waals surface area contributed by atoms with Gasteiger partial charge in [-0.1, -0.05) is 28.1 Å². The summed E-state index contributed by atoms with van der Waals surface area (Å²) >= 11 is 3.50. The topological polar surface area (TPSA) is 12.5 Å². The highest BCUT2D eigenvalue weighted by Gasteiger charge is 2.09. The number of aryl methyl sites for hydroxylation is 1. The van der Waals surface area contributed by atoms with Crippen LogP contribution in [-0.2, 0) is 11.2 Å². The Bertz CT molecular complexity index is 323. The molecule has 1 fully saturated rings. The van der Waals surface area contributed by atoms with Crippen molar-refractivity contribution in [3.05, 3.63) is 34.3 Å². The Labute approximate surface area is 106 Å². The van der Waals surface area contributed by atoms with Gasteiger partial charge in [-0.15, -0.1) is 0 Å². The zero-order valence-corrected chi connectivity index (χ0v) is 11.1. The average molecular weight is 284 g/mol. The minimum atomic E-state index is 0.900. The quantitative estimate of drug-likeness (QED) is 0.843. The number of halogens is 1. The van der Waals surface area contributed by atoms with Crippen LogP contribution in [0.4, 0.5) is 0 Å². The summed E-state index contributed by atoms with van der Waals surface area (Å²) in [6.07, 6.45) is 2.40. The zero-order chi connectivity index (χ0) is 11.2. The van der Waals surface area contributed by atoms with Crippen LogP contribution in [0.2, 0.25) is 0 Å². The molecule has 3 heteroatoms. The van der Waals surface area contributed by atoms with Crippen molar-refractivity contribution in [3.8, 4) is 0 Å². The molecule has 2 rings (SSSR count). The largest absolute Gasteiger partial charge is 0.379 e. The minimum Gasteiger partial charge on any atom is -0.379 e. The van der Waals surface area contributed by atoms with Crippen LogP contribution in [0.3, 0.4) is 0 Å². The van der Waals surface area contributed by atoms with Crippen molar-refractivity contribution in [2.75, 3.05) is 32.8 Å². The first-order chi connectivity index (χ1) is 7.84. The summed E-state index contributed by atoms with van der Waals surface area (Å²) in [5.41, 5.74) is 1.42. The average Bonchev–Trinajstić information content (AvgIpc) is 2.30. The van der Waals surface area contributed by atoms with Gasteiger partial charge in [-0.25, -0.2) is 0 Å². The predicted molar refractivity (Wildman–Crippen MR) is 69.7 cm³/mol. The van der Waals surface area contributed by atoms with Gasteiger partial charge in [0.05, 0.1) is 13.2 Å². The molecule has 0 spiro atoms. The van der Waals surface area contributed by atoms with E-state index in [1.54, 1.807) is 0 Å². The summed E-state index contributed by atoms with van der Waals surface area (Å²) in [7, 11) is 0. The highest BCUT2D eigenvalue weighted by Crippen LogP contribution is 2.13. The van der Waals surface area contributed by atoms with Gasteiger partial charge in [-0.05, 0) is 37.1 Å². The third kappa shape index (κ3) is 3.89. The van der Waals surface area contributed by atoms with E-state index in [-0.39, 0.29) is 0 Å². The molecule has 0 saturated carbocycles. The lowest BCUT2D eigenvalue weighted by Gasteiger charge is -2.26. The van der Waals surface area contributed by atoms with Crippen molar-refractivity contribution in [1.29, 1.82) is 0 Å². The van der Waals surface area contributed by atoms with Crippen molar-refractivity contribution < 1.29 is 4.74 Å². The molecule has 1 aromatic carbocycles. The summed E-state index contributed by atoms with van der Waals surface area (Å²) in [6, 6.07) is 8.59. The molecule has 0 unspecified atom stereocenters. The Morgan fingerprint density at radius 3 is 2.81 bits per heavy atom. The molecule has 1 aliphatic heterocycles. The fraction of sp³-hybridized carbons (Fsp3) is 0.538. The molecule has 0 radical (unpaired) electrons. The second-order valence-corrected chi connectivity index (χ2v) is 5.10. The van der Waals surface area contributed by atoms with Gasteiger partial charge in [0.1, 0.15) is 0 Å². The van der Waals surface area contributed by atoms with Gasteiger partial charge in [-0.2, -0.15) is 0 Å². The molecule has 0 amide bonds. The SMILES string of the molecule is Brc1cccc(CCCN2CCOCC2)c1. The molecule has 88 valence electrons. The monoisotopic (exact) mass is 283 g/mol. The number of nitrogens with zero attached hydrogens (tertiary/aromatic N) is 1. The summed E-state index contributed by atoms with van der Waals surface area (Å²) in [4.78, 5) is 2.49. The molecular formula is C13H18BrNO. The smallest absolute Gasteiger partial charge is 0.0594 e. The highest BCUT2D eigenvalue weighted by molar-refractivity contribution is 9.10. The number of rotatable bonds is 4. The van der Waals surface area contributed by atoms with Gasteiger partial charge in [0.15, 0.2) is 0 Å². The van der Waals surface area contributed by atoms with Crippen LogP contribution >= 0.6 is 15.9 Å². The summed E-state index contributed by atoms with van der Waals surface area (Å²) in [5, 5.41) is 0. The van der Waals surface area contributed by atoms with Crippen LogP contribution < -0.4 is 0 Å². The van der Waals surface area contributed by atoms with Crippen molar-refractivity contribution in [2.24, 2.45) is 0 Å². The second-order valence-electron chi connectivity index (χ2n) is 4.19. The predicted octanol–water partition coefficient (Wildman–Crippen LogP) is 2.71. The number of morpholine rings is 1. The molecule has 1 aromatic rings.